The van der Waals surface area contributed by atoms with Crippen LogP contribution in [-0.4, -0.2) is 10.2 Å². The quantitative estimate of drug-likeness (QED) is 0.645. The lowest BCUT2D eigenvalue weighted by atomic mass is 10.1. The molecule has 0 amide bonds. The minimum Gasteiger partial charge on any atom is -0.508 e. The highest BCUT2D eigenvalue weighted by Crippen LogP contribution is 2.19. The second-order valence-electron chi connectivity index (χ2n) is 3.67. The van der Waals surface area contributed by atoms with Crippen LogP contribution in [-0.2, 0) is 0 Å². The highest BCUT2D eigenvalue weighted by Gasteiger charge is 1.95. The van der Waals surface area contributed by atoms with E-state index in [2.05, 4.69) is 22.6 Å². The molecule has 0 aliphatic rings. The molecule has 2 aromatic rings. The Bertz CT molecular complexity index is 524. The van der Waals surface area contributed by atoms with Crippen LogP contribution in [0.1, 0.15) is 11.1 Å². The minimum atomic E-state index is 0.258. The van der Waals surface area contributed by atoms with Gasteiger partial charge < -0.3 is 10.2 Å². The van der Waals surface area contributed by atoms with Gasteiger partial charge >= 0.3 is 0 Å². The van der Waals surface area contributed by atoms with E-state index in [0.29, 0.717) is 0 Å². The van der Waals surface area contributed by atoms with Crippen molar-refractivity contribution in [1.29, 1.82) is 0 Å². The Morgan fingerprint density at radius 2 is 1.41 bits per heavy atom. The molecule has 0 atom stereocenters. The van der Waals surface area contributed by atoms with Crippen molar-refractivity contribution in [2.75, 3.05) is 0 Å². The number of aromatic hydroxyl groups is 2. The second-order valence-corrected chi connectivity index (χ2v) is 4.91. The fourth-order valence-electron chi connectivity index (χ4n) is 1.47. The number of phenolic OH excluding ortho intramolecular Hbond substituents is 2. The highest BCUT2D eigenvalue weighted by atomic mass is 127. The molecule has 0 aromatic heterocycles. The Balaban J connectivity index is 2.22. The summed E-state index contributed by atoms with van der Waals surface area (Å²) >= 11 is 2.16. The SMILES string of the molecule is Oc1ccc(/C=C/c2cc(O)cc(I)c2)cc1. The molecule has 0 heterocycles. The van der Waals surface area contributed by atoms with Gasteiger partial charge in [-0.2, -0.15) is 0 Å². The van der Waals surface area contributed by atoms with Gasteiger partial charge in [0.25, 0.3) is 0 Å². The van der Waals surface area contributed by atoms with Gasteiger partial charge in [-0.25, -0.2) is 0 Å². The van der Waals surface area contributed by atoms with Crippen LogP contribution in [0.5, 0.6) is 11.5 Å². The van der Waals surface area contributed by atoms with Crippen molar-refractivity contribution in [3.8, 4) is 11.5 Å². The molecular weight excluding hydrogens is 327 g/mol. The molecule has 2 aromatic carbocycles. The summed E-state index contributed by atoms with van der Waals surface area (Å²) in [5, 5.41) is 18.6. The number of halogens is 1. The molecular formula is C14H11IO2. The third-order valence-corrected chi connectivity index (χ3v) is 2.89. The van der Waals surface area contributed by atoms with Gasteiger partial charge in [-0.05, 0) is 64.0 Å². The highest BCUT2D eigenvalue weighted by molar-refractivity contribution is 14.1. The standard InChI is InChI=1S/C14H11IO2/c15-12-7-11(8-14(17)9-12)2-1-10-3-5-13(16)6-4-10/h1-9,16-17H/b2-1+. The molecule has 0 unspecified atom stereocenters. The first kappa shape index (κ1) is 12.0. The summed E-state index contributed by atoms with van der Waals surface area (Å²) in [5.41, 5.74) is 1.95. The van der Waals surface area contributed by atoms with Crippen LogP contribution in [0.2, 0.25) is 0 Å². The molecule has 0 fully saturated rings. The van der Waals surface area contributed by atoms with Gasteiger partial charge in [0.2, 0.25) is 0 Å². The van der Waals surface area contributed by atoms with Crippen molar-refractivity contribution >= 4 is 34.7 Å². The number of rotatable bonds is 2. The van der Waals surface area contributed by atoms with Crippen molar-refractivity contribution < 1.29 is 10.2 Å². The molecule has 0 spiro atoms. The van der Waals surface area contributed by atoms with Gasteiger partial charge in [-0.15, -0.1) is 0 Å². The zero-order chi connectivity index (χ0) is 12.3. The summed E-state index contributed by atoms with van der Waals surface area (Å²) in [6, 6.07) is 12.4. The first-order valence-electron chi connectivity index (χ1n) is 5.10. The molecule has 0 saturated heterocycles. The molecule has 0 aliphatic carbocycles. The Morgan fingerprint density at radius 1 is 0.765 bits per heavy atom. The van der Waals surface area contributed by atoms with Crippen LogP contribution in [0.4, 0.5) is 0 Å². The molecule has 0 radical (unpaired) electrons. The van der Waals surface area contributed by atoms with Gasteiger partial charge in [-0.3, -0.25) is 0 Å². The number of hydrogen-bond donors (Lipinski definition) is 2. The van der Waals surface area contributed by atoms with Crippen LogP contribution in [0.3, 0.4) is 0 Å². The molecule has 0 saturated carbocycles. The third-order valence-electron chi connectivity index (χ3n) is 2.27. The van der Waals surface area contributed by atoms with Crippen molar-refractivity contribution in [3.05, 3.63) is 57.2 Å². The Hall–Kier alpha value is -1.49. The van der Waals surface area contributed by atoms with Gasteiger partial charge in [-0.1, -0.05) is 24.3 Å². The van der Waals surface area contributed by atoms with Crippen LogP contribution in [0.25, 0.3) is 12.2 Å². The van der Waals surface area contributed by atoms with Crippen LogP contribution in [0.15, 0.2) is 42.5 Å². The van der Waals surface area contributed by atoms with E-state index < -0.39 is 0 Å². The summed E-state index contributed by atoms with van der Waals surface area (Å²) in [6.45, 7) is 0. The number of hydrogen-bond acceptors (Lipinski definition) is 2. The Morgan fingerprint density at radius 3 is 2.06 bits per heavy atom. The molecule has 0 aliphatic heterocycles. The fourth-order valence-corrected chi connectivity index (χ4v) is 2.15. The lowest BCUT2D eigenvalue weighted by Gasteiger charge is -1.98. The zero-order valence-corrected chi connectivity index (χ0v) is 11.1. The first-order chi connectivity index (χ1) is 8.13. The first-order valence-corrected chi connectivity index (χ1v) is 6.18. The number of benzene rings is 2. The smallest absolute Gasteiger partial charge is 0.117 e. The van der Waals surface area contributed by atoms with Crippen LogP contribution in [0, 0.1) is 3.57 Å². The second kappa shape index (κ2) is 5.23. The maximum atomic E-state index is 9.46. The lowest BCUT2D eigenvalue weighted by molar-refractivity contribution is 0.474. The van der Waals surface area contributed by atoms with Crippen molar-refractivity contribution in [3.63, 3.8) is 0 Å². The van der Waals surface area contributed by atoms with E-state index in [0.717, 1.165) is 14.7 Å². The molecule has 2 nitrogen and oxygen atoms in total. The van der Waals surface area contributed by atoms with E-state index >= 15 is 0 Å². The topological polar surface area (TPSA) is 40.5 Å². The monoisotopic (exact) mass is 338 g/mol. The molecule has 2 rings (SSSR count). The largest absolute Gasteiger partial charge is 0.508 e. The van der Waals surface area contributed by atoms with Gasteiger partial charge in [0.15, 0.2) is 0 Å². The predicted molar refractivity (Wildman–Crippen MR) is 77.9 cm³/mol. The van der Waals surface area contributed by atoms with Crippen LogP contribution >= 0.6 is 22.6 Å². The van der Waals surface area contributed by atoms with Crippen molar-refractivity contribution in [2.45, 2.75) is 0 Å². The van der Waals surface area contributed by atoms with Crippen molar-refractivity contribution in [1.82, 2.24) is 0 Å². The van der Waals surface area contributed by atoms with E-state index in [-0.39, 0.29) is 11.5 Å². The summed E-state index contributed by atoms with van der Waals surface area (Å²) in [7, 11) is 0. The maximum Gasteiger partial charge on any atom is 0.117 e. The average Bonchev–Trinajstić information content (AvgIpc) is 2.27. The third kappa shape index (κ3) is 3.49. The zero-order valence-electron chi connectivity index (χ0n) is 8.97. The van der Waals surface area contributed by atoms with Gasteiger partial charge in [0.05, 0.1) is 0 Å². The predicted octanol–water partition coefficient (Wildman–Crippen LogP) is 3.87. The lowest BCUT2D eigenvalue weighted by Crippen LogP contribution is -1.76. The minimum absolute atomic E-state index is 0.258. The normalized spacial score (nSPS) is 10.9. The fraction of sp³-hybridized carbons (Fsp3) is 0. The van der Waals surface area contributed by atoms with Crippen molar-refractivity contribution in [2.24, 2.45) is 0 Å². The van der Waals surface area contributed by atoms with E-state index in [1.54, 1.807) is 24.3 Å². The number of phenols is 2. The summed E-state index contributed by atoms with van der Waals surface area (Å²) in [6.07, 6.45) is 3.86. The summed E-state index contributed by atoms with van der Waals surface area (Å²) in [4.78, 5) is 0. The molecule has 0 bridgehead atoms. The van der Waals surface area contributed by atoms with E-state index in [1.807, 2.05) is 30.4 Å². The molecule has 2 N–H and O–H groups in total. The van der Waals surface area contributed by atoms with Gasteiger partial charge in [0.1, 0.15) is 11.5 Å². The summed E-state index contributed by atoms with van der Waals surface area (Å²) in [5.74, 6) is 0.524. The average molecular weight is 338 g/mol. The molecule has 86 valence electrons. The molecule has 17 heavy (non-hydrogen) atoms. The van der Waals surface area contributed by atoms with Gasteiger partial charge in [0, 0.05) is 3.57 Å². The van der Waals surface area contributed by atoms with Crippen LogP contribution < -0.4 is 0 Å². The Kier molecular flexibility index (Phi) is 3.68. The molecule has 3 heteroatoms. The Labute approximate surface area is 113 Å². The van der Waals surface area contributed by atoms with E-state index in [1.165, 1.54) is 0 Å². The maximum absolute atomic E-state index is 9.46. The summed E-state index contributed by atoms with van der Waals surface area (Å²) < 4.78 is 0.993. The van der Waals surface area contributed by atoms with E-state index in [4.69, 9.17) is 5.11 Å². The van der Waals surface area contributed by atoms with E-state index in [9.17, 15) is 5.11 Å².